The minimum atomic E-state index is -4.84. The maximum absolute atomic E-state index is 13.9. The molecular weight excluding hydrogens is 370 g/mol. The Bertz CT molecular complexity index is 1000. The molecule has 0 radical (unpaired) electrons. The average Bonchev–Trinajstić information content (AvgIpc) is 3.00. The molecule has 2 aromatic heterocycles. The fourth-order valence-electron chi connectivity index (χ4n) is 2.62. The molecule has 27 heavy (non-hydrogen) atoms. The molecule has 2 N–H and O–H groups in total. The summed E-state index contributed by atoms with van der Waals surface area (Å²) in [6.45, 7) is 1.68. The van der Waals surface area contributed by atoms with E-state index in [0.29, 0.717) is 23.6 Å². The minimum absolute atomic E-state index is 0.0469. The standard InChI is InChI=1S/C16H13F4N5O2/c1-8-4-13(25-15(23-8)21-7-22-25)24-12(6-14(26)27)9-2-3-10(11(17)5-9)16(18,19)20/h2-5,7,12,24H,6H2,1H3,(H,26,27)/t12-/m1/s1. The van der Waals surface area contributed by atoms with Crippen LogP contribution in [-0.2, 0) is 11.0 Å². The lowest BCUT2D eigenvalue weighted by atomic mass is 10.0. The van der Waals surface area contributed by atoms with Crippen LogP contribution in [0.25, 0.3) is 5.78 Å². The number of carbonyl (C=O) groups is 1. The molecule has 0 fully saturated rings. The summed E-state index contributed by atoms with van der Waals surface area (Å²) in [7, 11) is 0. The number of fused-ring (bicyclic) bond motifs is 1. The van der Waals surface area contributed by atoms with Gasteiger partial charge in [0.05, 0.1) is 18.0 Å². The maximum atomic E-state index is 13.9. The zero-order valence-corrected chi connectivity index (χ0v) is 13.8. The van der Waals surface area contributed by atoms with E-state index in [2.05, 4.69) is 20.4 Å². The van der Waals surface area contributed by atoms with Crippen molar-refractivity contribution in [1.29, 1.82) is 0 Å². The van der Waals surface area contributed by atoms with Crippen LogP contribution in [0.1, 0.15) is 29.3 Å². The minimum Gasteiger partial charge on any atom is -0.481 e. The fraction of sp³-hybridized carbons (Fsp3) is 0.250. The molecule has 0 aliphatic rings. The number of benzene rings is 1. The Hall–Kier alpha value is -3.24. The maximum Gasteiger partial charge on any atom is 0.419 e. The summed E-state index contributed by atoms with van der Waals surface area (Å²) in [5, 5.41) is 16.0. The van der Waals surface area contributed by atoms with Gasteiger partial charge in [0.25, 0.3) is 5.78 Å². The fourth-order valence-corrected chi connectivity index (χ4v) is 2.62. The highest BCUT2D eigenvalue weighted by atomic mass is 19.4. The summed E-state index contributed by atoms with van der Waals surface area (Å²) in [4.78, 5) is 19.3. The first-order chi connectivity index (χ1) is 12.6. The van der Waals surface area contributed by atoms with Gasteiger partial charge >= 0.3 is 12.1 Å². The molecular formula is C16H13F4N5O2. The number of alkyl halides is 3. The van der Waals surface area contributed by atoms with Crippen LogP contribution in [0.3, 0.4) is 0 Å². The number of aromatic nitrogens is 4. The molecule has 0 aliphatic heterocycles. The van der Waals surface area contributed by atoms with Gasteiger partial charge in [0.15, 0.2) is 0 Å². The number of carboxylic acid groups (broad SMARTS) is 1. The lowest BCUT2D eigenvalue weighted by Crippen LogP contribution is -2.18. The van der Waals surface area contributed by atoms with Gasteiger partial charge < -0.3 is 10.4 Å². The normalized spacial score (nSPS) is 12.9. The second kappa shape index (κ2) is 6.82. The van der Waals surface area contributed by atoms with Gasteiger partial charge in [-0.3, -0.25) is 4.79 Å². The van der Waals surface area contributed by atoms with Crippen LogP contribution in [-0.4, -0.2) is 30.7 Å². The lowest BCUT2D eigenvalue weighted by Gasteiger charge is -2.20. The third-order valence-electron chi connectivity index (χ3n) is 3.78. The van der Waals surface area contributed by atoms with Gasteiger partial charge in [-0.05, 0) is 24.6 Å². The molecule has 2 heterocycles. The van der Waals surface area contributed by atoms with Gasteiger partial charge in [-0.15, -0.1) is 0 Å². The summed E-state index contributed by atoms with van der Waals surface area (Å²) in [6.07, 6.45) is -4.09. The molecule has 142 valence electrons. The molecule has 1 aromatic carbocycles. The van der Waals surface area contributed by atoms with Crippen LogP contribution < -0.4 is 5.32 Å². The zero-order valence-electron chi connectivity index (χ0n) is 13.8. The molecule has 0 saturated carbocycles. The molecule has 3 rings (SSSR count). The summed E-state index contributed by atoms with van der Waals surface area (Å²) in [6, 6.07) is 2.87. The Morgan fingerprint density at radius 2 is 2.07 bits per heavy atom. The molecule has 0 aliphatic carbocycles. The van der Waals surface area contributed by atoms with Crippen molar-refractivity contribution in [3.05, 3.63) is 53.2 Å². The van der Waals surface area contributed by atoms with Crippen LogP contribution in [0, 0.1) is 12.7 Å². The summed E-state index contributed by atoms with van der Waals surface area (Å²) >= 11 is 0. The third kappa shape index (κ3) is 3.96. The largest absolute Gasteiger partial charge is 0.481 e. The predicted molar refractivity (Wildman–Crippen MR) is 85.5 cm³/mol. The number of nitrogens with zero attached hydrogens (tertiary/aromatic N) is 4. The van der Waals surface area contributed by atoms with Gasteiger partial charge in [0.1, 0.15) is 18.0 Å². The van der Waals surface area contributed by atoms with Crippen molar-refractivity contribution >= 4 is 17.6 Å². The number of hydrogen-bond acceptors (Lipinski definition) is 5. The van der Waals surface area contributed by atoms with Gasteiger partial charge in [-0.2, -0.15) is 27.8 Å². The van der Waals surface area contributed by atoms with E-state index in [9.17, 15) is 22.4 Å². The Morgan fingerprint density at radius 3 is 2.70 bits per heavy atom. The highest BCUT2D eigenvalue weighted by Crippen LogP contribution is 2.33. The Morgan fingerprint density at radius 1 is 1.33 bits per heavy atom. The van der Waals surface area contributed by atoms with E-state index in [1.54, 1.807) is 13.0 Å². The first-order valence-electron chi connectivity index (χ1n) is 7.67. The van der Waals surface area contributed by atoms with Crippen LogP contribution >= 0.6 is 0 Å². The molecule has 0 amide bonds. The number of halogens is 4. The molecule has 11 heteroatoms. The second-order valence-electron chi connectivity index (χ2n) is 5.79. The van der Waals surface area contributed by atoms with Crippen molar-refractivity contribution < 1.29 is 27.5 Å². The van der Waals surface area contributed by atoms with Gasteiger partial charge in [0, 0.05) is 11.8 Å². The van der Waals surface area contributed by atoms with Crippen LogP contribution in [0.5, 0.6) is 0 Å². The Balaban J connectivity index is 2.00. The Labute approximate surface area is 149 Å². The quantitative estimate of drug-likeness (QED) is 0.658. The number of rotatable bonds is 5. The van der Waals surface area contributed by atoms with Crippen molar-refractivity contribution in [2.24, 2.45) is 0 Å². The lowest BCUT2D eigenvalue weighted by molar-refractivity contribution is -0.140. The number of aryl methyl sites for hydroxylation is 1. The van der Waals surface area contributed by atoms with Crippen LogP contribution in [0.2, 0.25) is 0 Å². The van der Waals surface area contributed by atoms with Gasteiger partial charge in [-0.1, -0.05) is 6.07 Å². The molecule has 0 bridgehead atoms. The first kappa shape index (κ1) is 18.5. The van der Waals surface area contributed by atoms with Crippen molar-refractivity contribution in [3.8, 4) is 0 Å². The zero-order chi connectivity index (χ0) is 19.8. The van der Waals surface area contributed by atoms with Gasteiger partial charge in [0.2, 0.25) is 0 Å². The van der Waals surface area contributed by atoms with E-state index >= 15 is 0 Å². The number of carboxylic acids is 1. The second-order valence-corrected chi connectivity index (χ2v) is 5.79. The number of aliphatic carboxylic acids is 1. The highest BCUT2D eigenvalue weighted by Gasteiger charge is 2.34. The Kier molecular flexibility index (Phi) is 4.68. The monoisotopic (exact) mass is 383 g/mol. The van der Waals surface area contributed by atoms with Crippen LogP contribution in [0.4, 0.5) is 23.4 Å². The molecule has 0 unspecified atom stereocenters. The molecule has 0 saturated heterocycles. The van der Waals surface area contributed by atoms with E-state index < -0.39 is 36.0 Å². The van der Waals surface area contributed by atoms with Crippen molar-refractivity contribution in [2.45, 2.75) is 25.6 Å². The summed E-state index contributed by atoms with van der Waals surface area (Å²) in [5.41, 5.74) is -0.810. The first-order valence-corrected chi connectivity index (χ1v) is 7.67. The van der Waals surface area contributed by atoms with E-state index in [4.69, 9.17) is 5.11 Å². The number of anilines is 1. The van der Waals surface area contributed by atoms with Crippen molar-refractivity contribution in [2.75, 3.05) is 5.32 Å². The molecule has 7 nitrogen and oxygen atoms in total. The average molecular weight is 383 g/mol. The number of hydrogen-bond donors (Lipinski definition) is 2. The van der Waals surface area contributed by atoms with Crippen molar-refractivity contribution in [3.63, 3.8) is 0 Å². The van der Waals surface area contributed by atoms with E-state index in [-0.39, 0.29) is 11.3 Å². The highest BCUT2D eigenvalue weighted by molar-refractivity contribution is 5.69. The van der Waals surface area contributed by atoms with Crippen molar-refractivity contribution in [1.82, 2.24) is 19.6 Å². The van der Waals surface area contributed by atoms with E-state index in [0.717, 1.165) is 6.07 Å². The molecule has 0 spiro atoms. The van der Waals surface area contributed by atoms with Gasteiger partial charge in [-0.25, -0.2) is 9.37 Å². The number of nitrogens with one attached hydrogen (secondary N) is 1. The summed E-state index contributed by atoms with van der Waals surface area (Å²) in [5.74, 6) is -2.12. The summed E-state index contributed by atoms with van der Waals surface area (Å²) < 4.78 is 53.5. The molecule has 1 atom stereocenters. The van der Waals surface area contributed by atoms with E-state index in [1.807, 2.05) is 0 Å². The third-order valence-corrected chi connectivity index (χ3v) is 3.78. The topological polar surface area (TPSA) is 92.4 Å². The van der Waals surface area contributed by atoms with E-state index in [1.165, 1.54) is 10.8 Å². The predicted octanol–water partition coefficient (Wildman–Crippen LogP) is 3.22. The van der Waals surface area contributed by atoms with Crippen LogP contribution in [0.15, 0.2) is 30.6 Å². The smallest absolute Gasteiger partial charge is 0.419 e. The SMILES string of the molecule is Cc1cc(N[C@H](CC(=O)O)c2ccc(C(F)(F)F)c(F)c2)n2ncnc2n1. The molecule has 3 aromatic rings.